The highest BCUT2D eigenvalue weighted by Gasteiger charge is 2.09. The quantitative estimate of drug-likeness (QED) is 0.612. The van der Waals surface area contributed by atoms with E-state index in [0.29, 0.717) is 6.61 Å². The summed E-state index contributed by atoms with van der Waals surface area (Å²) in [5, 5.41) is 0.128. The number of hydrogen-bond donors (Lipinski definition) is 1. The zero-order valence-electron chi connectivity index (χ0n) is 6.99. The van der Waals surface area contributed by atoms with Crippen molar-refractivity contribution in [2.75, 3.05) is 39.5 Å². The highest BCUT2D eigenvalue weighted by atomic mass is 32.1. The van der Waals surface area contributed by atoms with E-state index in [0.717, 1.165) is 32.8 Å². The highest BCUT2D eigenvalue weighted by Crippen LogP contribution is 1.95. The summed E-state index contributed by atoms with van der Waals surface area (Å²) in [7, 11) is 0. The Labute approximate surface area is 77.6 Å². The van der Waals surface area contributed by atoms with Crippen molar-refractivity contribution in [2.45, 2.75) is 0 Å². The van der Waals surface area contributed by atoms with E-state index >= 15 is 0 Å². The van der Waals surface area contributed by atoms with Gasteiger partial charge < -0.3 is 15.2 Å². The van der Waals surface area contributed by atoms with E-state index in [9.17, 15) is 0 Å². The van der Waals surface area contributed by atoms with Crippen LogP contribution in [0.3, 0.4) is 0 Å². The van der Waals surface area contributed by atoms with Gasteiger partial charge in [0, 0.05) is 19.6 Å². The van der Waals surface area contributed by atoms with Crippen molar-refractivity contribution in [3.63, 3.8) is 0 Å². The number of hydrogen-bond acceptors (Lipinski definition) is 4. The monoisotopic (exact) mass is 190 g/mol. The third-order valence-electron chi connectivity index (χ3n) is 1.76. The Morgan fingerprint density at radius 3 is 2.75 bits per heavy atom. The van der Waals surface area contributed by atoms with Gasteiger partial charge in [0.05, 0.1) is 13.2 Å². The fourth-order valence-corrected chi connectivity index (χ4v) is 1.18. The first-order valence-corrected chi connectivity index (χ1v) is 4.42. The van der Waals surface area contributed by atoms with Crippen LogP contribution in [0.5, 0.6) is 0 Å². The standard InChI is InChI=1S/C7H14N2O2S/c8-7(12)11-6-3-9-1-4-10-5-2-9/h1-6H2,(H2,8,12). The van der Waals surface area contributed by atoms with Crippen molar-refractivity contribution in [2.24, 2.45) is 5.73 Å². The molecule has 5 heteroatoms. The van der Waals surface area contributed by atoms with Gasteiger partial charge in [0.25, 0.3) is 5.17 Å². The van der Waals surface area contributed by atoms with Gasteiger partial charge in [-0.05, 0) is 12.2 Å². The second kappa shape index (κ2) is 5.29. The van der Waals surface area contributed by atoms with Crippen molar-refractivity contribution in [3.8, 4) is 0 Å². The fraction of sp³-hybridized carbons (Fsp3) is 0.857. The maximum Gasteiger partial charge on any atom is 0.253 e. The van der Waals surface area contributed by atoms with Crippen molar-refractivity contribution in [1.82, 2.24) is 4.90 Å². The molecule has 1 saturated heterocycles. The molecule has 0 aromatic rings. The third-order valence-corrected chi connectivity index (χ3v) is 1.87. The van der Waals surface area contributed by atoms with E-state index < -0.39 is 0 Å². The van der Waals surface area contributed by atoms with Gasteiger partial charge in [-0.2, -0.15) is 0 Å². The molecule has 12 heavy (non-hydrogen) atoms. The lowest BCUT2D eigenvalue weighted by atomic mass is 10.4. The molecule has 1 aliphatic rings. The van der Waals surface area contributed by atoms with Crippen LogP contribution in [0.1, 0.15) is 0 Å². The normalized spacial score (nSPS) is 19.0. The summed E-state index contributed by atoms with van der Waals surface area (Å²) >= 11 is 4.57. The molecule has 0 atom stereocenters. The Bertz CT molecular complexity index is 148. The average Bonchev–Trinajstić information content (AvgIpc) is 2.05. The molecule has 1 rings (SSSR count). The molecule has 4 nitrogen and oxygen atoms in total. The minimum Gasteiger partial charge on any atom is -0.470 e. The summed E-state index contributed by atoms with van der Waals surface area (Å²) < 4.78 is 10.2. The fourth-order valence-electron chi connectivity index (χ4n) is 1.10. The van der Waals surface area contributed by atoms with E-state index in [4.69, 9.17) is 15.2 Å². The third kappa shape index (κ3) is 3.85. The predicted molar refractivity (Wildman–Crippen MR) is 50.0 cm³/mol. The van der Waals surface area contributed by atoms with Crippen molar-refractivity contribution in [1.29, 1.82) is 0 Å². The van der Waals surface area contributed by atoms with Crippen molar-refractivity contribution >= 4 is 17.4 Å². The van der Waals surface area contributed by atoms with Crippen LogP contribution in [0, 0.1) is 0 Å². The molecule has 1 fully saturated rings. The Morgan fingerprint density at radius 2 is 2.17 bits per heavy atom. The maximum absolute atomic E-state index is 5.19. The lowest BCUT2D eigenvalue weighted by Gasteiger charge is -2.26. The van der Waals surface area contributed by atoms with E-state index in [-0.39, 0.29) is 5.17 Å². The Hall–Kier alpha value is -0.390. The first kappa shape index (κ1) is 9.70. The number of ether oxygens (including phenoxy) is 2. The second-order valence-electron chi connectivity index (χ2n) is 2.62. The lowest BCUT2D eigenvalue weighted by molar-refractivity contribution is 0.0316. The van der Waals surface area contributed by atoms with Crippen LogP contribution in [0.4, 0.5) is 0 Å². The minimum absolute atomic E-state index is 0.128. The summed E-state index contributed by atoms with van der Waals surface area (Å²) in [6, 6.07) is 0. The molecule has 1 aliphatic heterocycles. The molecule has 0 spiro atoms. The lowest BCUT2D eigenvalue weighted by Crippen LogP contribution is -2.38. The van der Waals surface area contributed by atoms with Crippen molar-refractivity contribution in [3.05, 3.63) is 0 Å². The molecule has 70 valence electrons. The molecule has 2 N–H and O–H groups in total. The minimum atomic E-state index is 0.128. The van der Waals surface area contributed by atoms with Gasteiger partial charge in [-0.25, -0.2) is 0 Å². The number of rotatable bonds is 3. The van der Waals surface area contributed by atoms with E-state index in [1.165, 1.54) is 0 Å². The van der Waals surface area contributed by atoms with Crippen LogP contribution < -0.4 is 5.73 Å². The van der Waals surface area contributed by atoms with Crippen LogP contribution in [-0.4, -0.2) is 49.5 Å². The molecule has 0 unspecified atom stereocenters. The molecule has 0 bridgehead atoms. The van der Waals surface area contributed by atoms with Crippen LogP contribution in [0.2, 0.25) is 0 Å². The van der Waals surface area contributed by atoms with Crippen LogP contribution in [-0.2, 0) is 9.47 Å². The van der Waals surface area contributed by atoms with E-state index in [1.54, 1.807) is 0 Å². The zero-order chi connectivity index (χ0) is 8.81. The molecule has 1 heterocycles. The predicted octanol–water partition coefficient (Wildman–Crippen LogP) is -0.421. The summed E-state index contributed by atoms with van der Waals surface area (Å²) in [5.74, 6) is 0. The topological polar surface area (TPSA) is 47.7 Å². The van der Waals surface area contributed by atoms with Gasteiger partial charge >= 0.3 is 0 Å². The Morgan fingerprint density at radius 1 is 1.50 bits per heavy atom. The zero-order valence-corrected chi connectivity index (χ0v) is 7.81. The number of thiocarbonyl (C=S) groups is 1. The van der Waals surface area contributed by atoms with Crippen LogP contribution in [0.25, 0.3) is 0 Å². The summed E-state index contributed by atoms with van der Waals surface area (Å²) in [6.07, 6.45) is 0. The van der Waals surface area contributed by atoms with Crippen LogP contribution in [0.15, 0.2) is 0 Å². The molecule has 0 aliphatic carbocycles. The van der Waals surface area contributed by atoms with Gasteiger partial charge in [0.1, 0.15) is 6.61 Å². The molecule has 0 amide bonds. The smallest absolute Gasteiger partial charge is 0.253 e. The SMILES string of the molecule is NC(=S)OCCN1CCOCC1. The van der Waals surface area contributed by atoms with E-state index in [1.807, 2.05) is 0 Å². The largest absolute Gasteiger partial charge is 0.470 e. The molecule has 0 aromatic heterocycles. The molecule has 0 radical (unpaired) electrons. The van der Waals surface area contributed by atoms with Crippen molar-refractivity contribution < 1.29 is 9.47 Å². The molecular formula is C7H14N2O2S. The van der Waals surface area contributed by atoms with Gasteiger partial charge in [0.15, 0.2) is 0 Å². The Balaban J connectivity index is 2.01. The molecule has 0 saturated carbocycles. The molecular weight excluding hydrogens is 176 g/mol. The highest BCUT2D eigenvalue weighted by molar-refractivity contribution is 7.80. The van der Waals surface area contributed by atoms with Gasteiger partial charge in [-0.1, -0.05) is 0 Å². The Kier molecular flexibility index (Phi) is 4.27. The summed E-state index contributed by atoms with van der Waals surface area (Å²) in [5.41, 5.74) is 5.17. The summed E-state index contributed by atoms with van der Waals surface area (Å²) in [4.78, 5) is 2.27. The summed E-state index contributed by atoms with van der Waals surface area (Å²) in [6.45, 7) is 5.03. The first-order valence-electron chi connectivity index (χ1n) is 4.01. The van der Waals surface area contributed by atoms with Gasteiger partial charge in [0.2, 0.25) is 0 Å². The number of nitrogens with two attached hydrogens (primary N) is 1. The number of nitrogens with zero attached hydrogens (tertiary/aromatic N) is 1. The van der Waals surface area contributed by atoms with E-state index in [2.05, 4.69) is 17.1 Å². The average molecular weight is 190 g/mol. The van der Waals surface area contributed by atoms with Gasteiger partial charge in [-0.15, -0.1) is 0 Å². The maximum atomic E-state index is 5.19. The van der Waals surface area contributed by atoms with Crippen LogP contribution >= 0.6 is 12.2 Å². The van der Waals surface area contributed by atoms with Gasteiger partial charge in [-0.3, -0.25) is 4.90 Å². The second-order valence-corrected chi connectivity index (χ2v) is 3.02. The molecule has 0 aromatic carbocycles. The number of morpholine rings is 1. The first-order chi connectivity index (χ1) is 5.79.